The van der Waals surface area contributed by atoms with E-state index in [0.29, 0.717) is 23.2 Å². The van der Waals surface area contributed by atoms with E-state index >= 15 is 0 Å². The molecule has 1 aromatic carbocycles. The number of likely N-dealkylation sites (tertiary alicyclic amines) is 2. The van der Waals surface area contributed by atoms with Crippen LogP contribution in [0.5, 0.6) is 17.2 Å². The van der Waals surface area contributed by atoms with Crippen LogP contribution in [0.3, 0.4) is 0 Å². The number of amides is 1. The second-order valence-corrected chi connectivity index (χ2v) is 6.60. The molecule has 0 unspecified atom stereocenters. The first kappa shape index (κ1) is 16.9. The topological polar surface area (TPSA) is 51.2 Å². The van der Waals surface area contributed by atoms with Gasteiger partial charge in [0.15, 0.2) is 11.5 Å². The maximum absolute atomic E-state index is 12.3. The minimum atomic E-state index is 0.134. The quantitative estimate of drug-likeness (QED) is 0.819. The van der Waals surface area contributed by atoms with Crippen LogP contribution in [0.25, 0.3) is 0 Å². The molecule has 0 aromatic heterocycles. The third-order valence-corrected chi connectivity index (χ3v) is 5.23. The summed E-state index contributed by atoms with van der Waals surface area (Å²) < 4.78 is 16.4. The molecular weight excluding hydrogens is 308 g/mol. The highest BCUT2D eigenvalue weighted by atomic mass is 16.5. The molecule has 2 aliphatic heterocycles. The number of nitrogens with zero attached hydrogens (tertiary/aromatic N) is 2. The molecule has 2 saturated heterocycles. The third-order valence-electron chi connectivity index (χ3n) is 5.23. The van der Waals surface area contributed by atoms with Crippen molar-refractivity contribution in [2.45, 2.75) is 13.0 Å². The molecule has 2 heterocycles. The zero-order valence-corrected chi connectivity index (χ0v) is 14.9. The Morgan fingerprint density at radius 1 is 1.08 bits per heavy atom. The van der Waals surface area contributed by atoms with Crippen LogP contribution >= 0.6 is 0 Å². The molecule has 1 amide bonds. The van der Waals surface area contributed by atoms with Crippen LogP contribution in [0.4, 0.5) is 0 Å². The first-order chi connectivity index (χ1) is 11.6. The Hall–Kier alpha value is -1.95. The predicted octanol–water partition coefficient (Wildman–Crippen LogP) is 1.62. The first-order valence-electron chi connectivity index (χ1n) is 8.34. The molecule has 24 heavy (non-hydrogen) atoms. The van der Waals surface area contributed by atoms with E-state index in [1.807, 2.05) is 24.1 Å². The minimum Gasteiger partial charge on any atom is -0.493 e. The third kappa shape index (κ3) is 2.90. The molecule has 0 spiro atoms. The van der Waals surface area contributed by atoms with Crippen molar-refractivity contribution in [1.82, 2.24) is 9.80 Å². The number of methoxy groups -OCH3 is 3. The molecule has 6 heteroatoms. The summed E-state index contributed by atoms with van der Waals surface area (Å²) in [6.45, 7) is 3.38. The molecule has 2 aliphatic rings. The summed E-state index contributed by atoms with van der Waals surface area (Å²) in [6, 6.07) is 3.91. The second kappa shape index (κ2) is 6.89. The zero-order valence-electron chi connectivity index (χ0n) is 14.9. The van der Waals surface area contributed by atoms with Gasteiger partial charge in [0.1, 0.15) is 0 Å². The van der Waals surface area contributed by atoms with Crippen molar-refractivity contribution in [1.29, 1.82) is 0 Å². The van der Waals surface area contributed by atoms with E-state index in [2.05, 4.69) is 4.90 Å². The standard InChI is InChI=1S/C18H26N2O4/c1-19-8-7-12-9-20(11-14(12)18(19)21)10-13-5-6-15(22-2)17(24-4)16(13)23-3/h5-6,12,14H,7-11H2,1-4H3/t12-,14+/m1/s1. The maximum Gasteiger partial charge on any atom is 0.227 e. The van der Waals surface area contributed by atoms with E-state index in [9.17, 15) is 4.79 Å². The molecule has 132 valence electrons. The molecule has 2 fully saturated rings. The number of hydrogen-bond acceptors (Lipinski definition) is 5. The van der Waals surface area contributed by atoms with Gasteiger partial charge in [-0.1, -0.05) is 6.07 Å². The summed E-state index contributed by atoms with van der Waals surface area (Å²) in [5.41, 5.74) is 1.05. The summed E-state index contributed by atoms with van der Waals surface area (Å²) in [7, 11) is 6.77. The van der Waals surface area contributed by atoms with Crippen LogP contribution in [-0.2, 0) is 11.3 Å². The van der Waals surface area contributed by atoms with Crippen molar-refractivity contribution >= 4 is 5.91 Å². The molecule has 0 radical (unpaired) electrons. The molecule has 3 rings (SSSR count). The largest absolute Gasteiger partial charge is 0.493 e. The van der Waals surface area contributed by atoms with Gasteiger partial charge < -0.3 is 19.1 Å². The number of fused-ring (bicyclic) bond motifs is 1. The van der Waals surface area contributed by atoms with Crippen molar-refractivity contribution in [2.75, 3.05) is 48.0 Å². The lowest BCUT2D eigenvalue weighted by atomic mass is 9.88. The van der Waals surface area contributed by atoms with Crippen LogP contribution in [-0.4, -0.2) is 63.7 Å². The van der Waals surface area contributed by atoms with Crippen LogP contribution in [0.1, 0.15) is 12.0 Å². The Bertz CT molecular complexity index is 619. The average Bonchev–Trinajstić information content (AvgIpc) is 3.01. The van der Waals surface area contributed by atoms with Gasteiger partial charge >= 0.3 is 0 Å². The molecule has 6 nitrogen and oxygen atoms in total. The summed E-state index contributed by atoms with van der Waals surface area (Å²) in [6.07, 6.45) is 1.09. The van der Waals surface area contributed by atoms with E-state index in [0.717, 1.165) is 38.2 Å². The maximum atomic E-state index is 12.3. The van der Waals surface area contributed by atoms with Crippen molar-refractivity contribution in [3.05, 3.63) is 17.7 Å². The number of carbonyl (C=O) groups excluding carboxylic acids is 1. The van der Waals surface area contributed by atoms with Gasteiger partial charge in [-0.15, -0.1) is 0 Å². The highest BCUT2D eigenvalue weighted by molar-refractivity contribution is 5.80. The average molecular weight is 334 g/mol. The fraction of sp³-hybridized carbons (Fsp3) is 0.611. The monoisotopic (exact) mass is 334 g/mol. The van der Waals surface area contributed by atoms with E-state index < -0.39 is 0 Å². The van der Waals surface area contributed by atoms with Crippen molar-refractivity contribution in [3.63, 3.8) is 0 Å². The summed E-state index contributed by atoms with van der Waals surface area (Å²) in [4.78, 5) is 16.6. The molecule has 0 bridgehead atoms. The van der Waals surface area contributed by atoms with E-state index in [4.69, 9.17) is 14.2 Å². The van der Waals surface area contributed by atoms with Gasteiger partial charge in [-0.2, -0.15) is 0 Å². The molecule has 0 saturated carbocycles. The van der Waals surface area contributed by atoms with Gasteiger partial charge in [0, 0.05) is 38.8 Å². The van der Waals surface area contributed by atoms with Crippen LogP contribution in [0.2, 0.25) is 0 Å². The normalized spacial score (nSPS) is 24.0. The van der Waals surface area contributed by atoms with Crippen molar-refractivity contribution in [2.24, 2.45) is 11.8 Å². The Balaban J connectivity index is 1.79. The second-order valence-electron chi connectivity index (χ2n) is 6.60. The van der Waals surface area contributed by atoms with Crippen molar-refractivity contribution < 1.29 is 19.0 Å². The Morgan fingerprint density at radius 3 is 2.50 bits per heavy atom. The SMILES string of the molecule is COc1ccc(CN2C[C@H]3CCN(C)C(=O)[C@H]3C2)c(OC)c1OC. The van der Waals surface area contributed by atoms with Crippen LogP contribution in [0.15, 0.2) is 12.1 Å². The van der Waals surface area contributed by atoms with Crippen LogP contribution < -0.4 is 14.2 Å². The Labute approximate surface area is 143 Å². The van der Waals surface area contributed by atoms with Gasteiger partial charge in [-0.25, -0.2) is 0 Å². The van der Waals surface area contributed by atoms with E-state index in [-0.39, 0.29) is 11.8 Å². The number of piperidine rings is 1. The smallest absolute Gasteiger partial charge is 0.227 e. The number of benzene rings is 1. The lowest BCUT2D eigenvalue weighted by Crippen LogP contribution is -2.42. The lowest BCUT2D eigenvalue weighted by molar-refractivity contribution is -0.137. The number of hydrogen-bond donors (Lipinski definition) is 0. The summed E-state index contributed by atoms with van der Waals surface area (Å²) in [5.74, 6) is 2.87. The number of rotatable bonds is 5. The van der Waals surface area contributed by atoms with Gasteiger partial charge in [-0.3, -0.25) is 9.69 Å². The first-order valence-corrected chi connectivity index (χ1v) is 8.34. The molecule has 0 N–H and O–H groups in total. The van der Waals surface area contributed by atoms with Gasteiger partial charge in [-0.05, 0) is 18.4 Å². The van der Waals surface area contributed by atoms with Crippen LogP contribution in [0, 0.1) is 11.8 Å². The predicted molar refractivity (Wildman–Crippen MR) is 90.6 cm³/mol. The summed E-state index contributed by atoms with van der Waals surface area (Å²) in [5, 5.41) is 0. The highest BCUT2D eigenvalue weighted by Crippen LogP contribution is 2.41. The van der Waals surface area contributed by atoms with Gasteiger partial charge in [0.2, 0.25) is 11.7 Å². The number of ether oxygens (including phenoxy) is 3. The highest BCUT2D eigenvalue weighted by Gasteiger charge is 2.41. The molecular formula is C18H26N2O4. The van der Waals surface area contributed by atoms with Gasteiger partial charge in [0.05, 0.1) is 27.2 Å². The zero-order chi connectivity index (χ0) is 17.3. The number of carbonyl (C=O) groups is 1. The Kier molecular flexibility index (Phi) is 4.85. The fourth-order valence-electron chi connectivity index (χ4n) is 3.94. The van der Waals surface area contributed by atoms with Crippen molar-refractivity contribution in [3.8, 4) is 17.2 Å². The van der Waals surface area contributed by atoms with E-state index in [1.165, 1.54) is 0 Å². The fourth-order valence-corrected chi connectivity index (χ4v) is 3.94. The summed E-state index contributed by atoms with van der Waals surface area (Å²) >= 11 is 0. The molecule has 1 aromatic rings. The molecule has 0 aliphatic carbocycles. The Morgan fingerprint density at radius 2 is 1.83 bits per heavy atom. The molecule has 2 atom stereocenters. The van der Waals surface area contributed by atoms with Gasteiger partial charge in [0.25, 0.3) is 0 Å². The lowest BCUT2D eigenvalue weighted by Gasteiger charge is -2.30. The minimum absolute atomic E-state index is 0.134. The van der Waals surface area contributed by atoms with E-state index in [1.54, 1.807) is 21.3 Å².